The topological polar surface area (TPSA) is 12.5 Å². The average molecular weight is 169 g/mol. The van der Waals surface area contributed by atoms with Gasteiger partial charge in [-0.2, -0.15) is 0 Å². The van der Waals surface area contributed by atoms with Crippen LogP contribution in [0.25, 0.3) is 0 Å². The van der Waals surface area contributed by atoms with E-state index in [0.29, 0.717) is 0 Å². The number of methoxy groups -OCH3 is 1. The molecule has 1 fully saturated rings. The minimum Gasteiger partial charge on any atom is -0.500 e. The number of hydrogen-bond donors (Lipinski definition) is 0. The van der Waals surface area contributed by atoms with Crippen LogP contribution < -0.4 is 0 Å². The molecule has 0 unspecified atom stereocenters. The van der Waals surface area contributed by atoms with Crippen molar-refractivity contribution in [1.82, 2.24) is 4.90 Å². The summed E-state index contributed by atoms with van der Waals surface area (Å²) < 4.78 is 5.06. The number of nitrogens with zero attached hydrogens (tertiary/aromatic N) is 1. The molecule has 0 N–H and O–H groups in total. The molecule has 0 atom stereocenters. The first kappa shape index (κ1) is 9.59. The van der Waals surface area contributed by atoms with Crippen molar-refractivity contribution in [2.24, 2.45) is 0 Å². The van der Waals surface area contributed by atoms with Gasteiger partial charge >= 0.3 is 0 Å². The molecule has 0 spiro atoms. The maximum atomic E-state index is 5.06. The van der Waals surface area contributed by atoms with Gasteiger partial charge in [-0.3, -0.25) is 4.90 Å². The van der Waals surface area contributed by atoms with Gasteiger partial charge in [-0.15, -0.1) is 0 Å². The first-order chi connectivity index (χ1) is 5.83. The number of hydrogen-bond acceptors (Lipinski definition) is 2. The molecule has 0 bridgehead atoms. The maximum absolute atomic E-state index is 5.06. The molecular weight excluding hydrogens is 150 g/mol. The van der Waals surface area contributed by atoms with Gasteiger partial charge < -0.3 is 4.74 Å². The van der Waals surface area contributed by atoms with Crippen LogP contribution in [-0.2, 0) is 4.74 Å². The summed E-state index contributed by atoms with van der Waals surface area (Å²) in [7, 11) is 1.69. The van der Waals surface area contributed by atoms with Crippen LogP contribution in [0, 0.1) is 0 Å². The minimum atomic E-state index is 0.886. The van der Waals surface area contributed by atoms with E-state index in [-0.39, 0.29) is 0 Å². The van der Waals surface area contributed by atoms with Crippen molar-refractivity contribution in [3.05, 3.63) is 12.3 Å². The molecule has 1 saturated heterocycles. The standard InChI is InChI=1S/C10H19NO/c1-10(12-2)9-11-7-5-3-4-6-8-11/h1,3-9H2,2H3. The van der Waals surface area contributed by atoms with Crippen LogP contribution in [-0.4, -0.2) is 31.6 Å². The first-order valence-corrected chi connectivity index (χ1v) is 4.77. The molecular formula is C10H19NO. The molecule has 0 saturated carbocycles. The highest BCUT2D eigenvalue weighted by Crippen LogP contribution is 2.10. The predicted octanol–water partition coefficient (Wildman–Crippen LogP) is 2.02. The summed E-state index contributed by atoms with van der Waals surface area (Å²) in [6, 6.07) is 0. The minimum absolute atomic E-state index is 0.886. The van der Waals surface area contributed by atoms with Crippen molar-refractivity contribution in [2.45, 2.75) is 25.7 Å². The second kappa shape index (κ2) is 5.20. The summed E-state index contributed by atoms with van der Waals surface area (Å²) >= 11 is 0. The highest BCUT2D eigenvalue weighted by Gasteiger charge is 2.09. The summed E-state index contributed by atoms with van der Waals surface area (Å²) in [5.74, 6) is 0.886. The molecule has 0 amide bonds. The third-order valence-corrected chi connectivity index (χ3v) is 2.39. The van der Waals surface area contributed by atoms with E-state index in [1.54, 1.807) is 7.11 Å². The Morgan fingerprint density at radius 3 is 2.33 bits per heavy atom. The Hall–Kier alpha value is -0.500. The number of rotatable bonds is 3. The molecule has 70 valence electrons. The predicted molar refractivity (Wildman–Crippen MR) is 51.1 cm³/mol. The summed E-state index contributed by atoms with van der Waals surface area (Å²) in [6.07, 6.45) is 5.43. The van der Waals surface area contributed by atoms with Gasteiger partial charge in [0.25, 0.3) is 0 Å². The summed E-state index contributed by atoms with van der Waals surface area (Å²) in [5, 5.41) is 0. The van der Waals surface area contributed by atoms with Crippen LogP contribution in [0.1, 0.15) is 25.7 Å². The summed E-state index contributed by atoms with van der Waals surface area (Å²) in [4.78, 5) is 2.43. The average Bonchev–Trinajstić information content (AvgIpc) is 2.33. The van der Waals surface area contributed by atoms with Crippen LogP contribution in [0.5, 0.6) is 0 Å². The summed E-state index contributed by atoms with van der Waals surface area (Å²) in [5.41, 5.74) is 0. The van der Waals surface area contributed by atoms with Crippen LogP contribution in [0.2, 0.25) is 0 Å². The van der Waals surface area contributed by atoms with Crippen molar-refractivity contribution >= 4 is 0 Å². The Labute approximate surface area is 75.2 Å². The lowest BCUT2D eigenvalue weighted by molar-refractivity contribution is 0.218. The third kappa shape index (κ3) is 3.26. The number of ether oxygens (including phenoxy) is 1. The van der Waals surface area contributed by atoms with Crippen molar-refractivity contribution in [3.8, 4) is 0 Å². The van der Waals surface area contributed by atoms with Gasteiger partial charge in [0.1, 0.15) is 5.76 Å². The van der Waals surface area contributed by atoms with Gasteiger partial charge in [-0.1, -0.05) is 19.4 Å². The Morgan fingerprint density at radius 1 is 1.25 bits per heavy atom. The summed E-state index contributed by atoms with van der Waals surface area (Å²) in [6.45, 7) is 7.17. The Morgan fingerprint density at radius 2 is 1.83 bits per heavy atom. The van der Waals surface area contributed by atoms with E-state index < -0.39 is 0 Å². The van der Waals surface area contributed by atoms with Crippen LogP contribution in [0.4, 0.5) is 0 Å². The largest absolute Gasteiger partial charge is 0.500 e. The lowest BCUT2D eigenvalue weighted by Crippen LogP contribution is -2.27. The van der Waals surface area contributed by atoms with Gasteiger partial charge in [0, 0.05) is 0 Å². The maximum Gasteiger partial charge on any atom is 0.102 e. The van der Waals surface area contributed by atoms with Crippen molar-refractivity contribution in [3.63, 3.8) is 0 Å². The molecule has 12 heavy (non-hydrogen) atoms. The molecule has 0 aromatic heterocycles. The second-order valence-corrected chi connectivity index (χ2v) is 3.43. The molecule has 1 heterocycles. The van der Waals surface area contributed by atoms with E-state index in [2.05, 4.69) is 11.5 Å². The molecule has 2 heteroatoms. The Balaban J connectivity index is 2.24. The molecule has 1 rings (SSSR count). The fraction of sp³-hybridized carbons (Fsp3) is 0.800. The molecule has 1 aliphatic heterocycles. The first-order valence-electron chi connectivity index (χ1n) is 4.77. The fourth-order valence-electron chi connectivity index (χ4n) is 1.61. The van der Waals surface area contributed by atoms with Crippen molar-refractivity contribution in [1.29, 1.82) is 0 Å². The molecule has 0 aliphatic carbocycles. The SMILES string of the molecule is C=C(CN1CCCCCC1)OC. The quantitative estimate of drug-likeness (QED) is 0.599. The number of likely N-dealkylation sites (tertiary alicyclic amines) is 1. The van der Waals surface area contributed by atoms with Crippen LogP contribution in [0.15, 0.2) is 12.3 Å². The molecule has 0 aromatic rings. The molecule has 0 radical (unpaired) electrons. The highest BCUT2D eigenvalue weighted by molar-refractivity contribution is 4.86. The van der Waals surface area contributed by atoms with E-state index in [4.69, 9.17) is 4.74 Å². The van der Waals surface area contributed by atoms with Gasteiger partial charge in [0.05, 0.1) is 13.7 Å². The monoisotopic (exact) mass is 169 g/mol. The van der Waals surface area contributed by atoms with Crippen LogP contribution in [0.3, 0.4) is 0 Å². The van der Waals surface area contributed by atoms with Gasteiger partial charge in [0.2, 0.25) is 0 Å². The lowest BCUT2D eigenvalue weighted by Gasteiger charge is -2.19. The fourth-order valence-corrected chi connectivity index (χ4v) is 1.61. The second-order valence-electron chi connectivity index (χ2n) is 3.43. The Kier molecular flexibility index (Phi) is 4.15. The smallest absolute Gasteiger partial charge is 0.102 e. The highest BCUT2D eigenvalue weighted by atomic mass is 16.5. The molecule has 1 aliphatic rings. The van der Waals surface area contributed by atoms with E-state index >= 15 is 0 Å². The zero-order chi connectivity index (χ0) is 8.81. The van der Waals surface area contributed by atoms with E-state index in [9.17, 15) is 0 Å². The Bertz CT molecular complexity index is 137. The van der Waals surface area contributed by atoms with Gasteiger partial charge in [-0.05, 0) is 25.9 Å². The van der Waals surface area contributed by atoms with E-state index in [1.165, 1.54) is 38.8 Å². The lowest BCUT2D eigenvalue weighted by atomic mass is 10.2. The van der Waals surface area contributed by atoms with Crippen molar-refractivity contribution in [2.75, 3.05) is 26.7 Å². The van der Waals surface area contributed by atoms with Gasteiger partial charge in [-0.25, -0.2) is 0 Å². The van der Waals surface area contributed by atoms with E-state index in [1.807, 2.05) is 0 Å². The zero-order valence-corrected chi connectivity index (χ0v) is 8.01. The third-order valence-electron chi connectivity index (χ3n) is 2.39. The molecule has 2 nitrogen and oxygen atoms in total. The molecule has 0 aromatic carbocycles. The van der Waals surface area contributed by atoms with E-state index in [0.717, 1.165) is 12.3 Å². The van der Waals surface area contributed by atoms with Crippen LogP contribution >= 0.6 is 0 Å². The van der Waals surface area contributed by atoms with Gasteiger partial charge in [0.15, 0.2) is 0 Å². The zero-order valence-electron chi connectivity index (χ0n) is 8.01. The normalized spacial score (nSPS) is 20.1. The van der Waals surface area contributed by atoms with Crippen molar-refractivity contribution < 1.29 is 4.74 Å².